The lowest BCUT2D eigenvalue weighted by molar-refractivity contribution is -0.129. The minimum atomic E-state index is -0.777. The lowest BCUT2D eigenvalue weighted by Crippen LogP contribution is -2.43. The van der Waals surface area contributed by atoms with Crippen molar-refractivity contribution in [2.75, 3.05) is 0 Å². The SMILES string of the molecule is C#CC(C)(C)NC(=O)CC1CC(=O)C(c2c(C)cc(Br)cc2C)C1=O. The molecule has 1 fully saturated rings. The predicted octanol–water partition coefficient (Wildman–Crippen LogP) is 3.23. The Morgan fingerprint density at radius 3 is 2.40 bits per heavy atom. The van der Waals surface area contributed by atoms with E-state index in [9.17, 15) is 14.4 Å². The topological polar surface area (TPSA) is 63.2 Å². The maximum atomic E-state index is 12.8. The number of hydrogen-bond donors (Lipinski definition) is 1. The molecule has 0 saturated heterocycles. The number of amides is 1. The van der Waals surface area contributed by atoms with E-state index in [0.717, 1.165) is 21.2 Å². The van der Waals surface area contributed by atoms with E-state index in [0.29, 0.717) is 0 Å². The van der Waals surface area contributed by atoms with Crippen molar-refractivity contribution >= 4 is 33.4 Å². The third kappa shape index (κ3) is 4.19. The van der Waals surface area contributed by atoms with Crippen LogP contribution in [0.3, 0.4) is 0 Å². The van der Waals surface area contributed by atoms with Crippen LogP contribution in [0.5, 0.6) is 0 Å². The summed E-state index contributed by atoms with van der Waals surface area (Å²) in [5.74, 6) is 0.524. The van der Waals surface area contributed by atoms with E-state index in [1.165, 1.54) is 0 Å². The van der Waals surface area contributed by atoms with Gasteiger partial charge in [-0.3, -0.25) is 14.4 Å². The van der Waals surface area contributed by atoms with Crippen molar-refractivity contribution in [1.82, 2.24) is 5.32 Å². The van der Waals surface area contributed by atoms with Gasteiger partial charge in [0, 0.05) is 23.2 Å². The van der Waals surface area contributed by atoms with Crippen LogP contribution in [0.4, 0.5) is 0 Å². The minimum absolute atomic E-state index is 0.0131. The first-order valence-electron chi connectivity index (χ1n) is 8.17. The second-order valence-corrected chi connectivity index (χ2v) is 8.09. The molecule has 25 heavy (non-hydrogen) atoms. The van der Waals surface area contributed by atoms with Crippen molar-refractivity contribution in [3.63, 3.8) is 0 Å². The summed E-state index contributed by atoms with van der Waals surface area (Å²) in [6.07, 6.45) is 5.45. The summed E-state index contributed by atoms with van der Waals surface area (Å²) in [4.78, 5) is 37.5. The summed E-state index contributed by atoms with van der Waals surface area (Å²) in [7, 11) is 0. The number of hydrogen-bond acceptors (Lipinski definition) is 3. The quantitative estimate of drug-likeness (QED) is 0.619. The maximum absolute atomic E-state index is 12.8. The van der Waals surface area contributed by atoms with Crippen molar-refractivity contribution in [3.05, 3.63) is 33.3 Å². The van der Waals surface area contributed by atoms with Gasteiger partial charge in [0.2, 0.25) is 5.91 Å². The predicted molar refractivity (Wildman–Crippen MR) is 100 cm³/mol. The highest BCUT2D eigenvalue weighted by molar-refractivity contribution is 9.10. The van der Waals surface area contributed by atoms with Gasteiger partial charge >= 0.3 is 0 Å². The van der Waals surface area contributed by atoms with Crippen molar-refractivity contribution in [2.45, 2.75) is 52.0 Å². The molecule has 4 nitrogen and oxygen atoms in total. The molecular weight excluding hydrogens is 382 g/mol. The Labute approximate surface area is 156 Å². The Hall–Kier alpha value is -1.93. The normalized spacial score (nSPS) is 20.5. The zero-order valence-electron chi connectivity index (χ0n) is 14.9. The molecule has 1 aliphatic rings. The minimum Gasteiger partial charge on any atom is -0.340 e. The molecule has 2 rings (SSSR count). The molecule has 1 saturated carbocycles. The van der Waals surface area contributed by atoms with Crippen LogP contribution in [0.25, 0.3) is 0 Å². The standard InChI is InChI=1S/C20H22BrNO3/c1-6-20(4,5)22-16(24)10-13-9-15(23)18(19(13)25)17-11(2)7-14(21)8-12(17)3/h1,7-8,13,18H,9-10H2,2-5H3,(H,22,24). The van der Waals surface area contributed by atoms with Crippen LogP contribution in [0.1, 0.15) is 49.3 Å². The molecule has 0 bridgehead atoms. The number of ketones is 2. The largest absolute Gasteiger partial charge is 0.340 e. The third-order valence-electron chi connectivity index (χ3n) is 4.55. The fourth-order valence-corrected chi connectivity index (χ4v) is 4.06. The molecule has 0 aromatic heterocycles. The van der Waals surface area contributed by atoms with Gasteiger partial charge in [0.05, 0.1) is 5.54 Å². The van der Waals surface area contributed by atoms with Crippen LogP contribution in [-0.4, -0.2) is 23.0 Å². The molecule has 0 spiro atoms. The highest BCUT2D eigenvalue weighted by atomic mass is 79.9. The van der Waals surface area contributed by atoms with Gasteiger partial charge < -0.3 is 5.32 Å². The summed E-state index contributed by atoms with van der Waals surface area (Å²) in [6, 6.07) is 3.80. The lowest BCUT2D eigenvalue weighted by atomic mass is 9.87. The van der Waals surface area contributed by atoms with E-state index in [2.05, 4.69) is 27.2 Å². The number of Topliss-reactive ketones (excluding diaryl/α,β-unsaturated/α-hetero) is 2. The highest BCUT2D eigenvalue weighted by Crippen LogP contribution is 2.38. The van der Waals surface area contributed by atoms with Crippen LogP contribution in [-0.2, 0) is 14.4 Å². The summed E-state index contributed by atoms with van der Waals surface area (Å²) < 4.78 is 0.914. The van der Waals surface area contributed by atoms with Gasteiger partial charge in [0.25, 0.3) is 0 Å². The number of terminal acetylenes is 1. The number of halogens is 1. The van der Waals surface area contributed by atoms with E-state index in [4.69, 9.17) is 6.42 Å². The Morgan fingerprint density at radius 1 is 1.32 bits per heavy atom. The van der Waals surface area contributed by atoms with Crippen LogP contribution in [0.2, 0.25) is 0 Å². The third-order valence-corrected chi connectivity index (χ3v) is 5.01. The van der Waals surface area contributed by atoms with Crippen molar-refractivity contribution in [2.24, 2.45) is 5.92 Å². The number of benzene rings is 1. The highest BCUT2D eigenvalue weighted by Gasteiger charge is 2.44. The van der Waals surface area contributed by atoms with Crippen LogP contribution in [0, 0.1) is 32.1 Å². The zero-order valence-corrected chi connectivity index (χ0v) is 16.5. The maximum Gasteiger partial charge on any atom is 0.221 e. The van der Waals surface area contributed by atoms with Crippen molar-refractivity contribution < 1.29 is 14.4 Å². The van der Waals surface area contributed by atoms with Gasteiger partial charge in [0.15, 0.2) is 5.78 Å². The Bertz CT molecular complexity index is 766. The van der Waals surface area contributed by atoms with E-state index in [1.54, 1.807) is 13.8 Å². The second kappa shape index (κ2) is 7.13. The van der Waals surface area contributed by atoms with E-state index >= 15 is 0 Å². The molecule has 1 aromatic rings. The summed E-state index contributed by atoms with van der Waals surface area (Å²) in [6.45, 7) is 7.21. The molecule has 1 amide bonds. The van der Waals surface area contributed by atoms with Gasteiger partial charge in [-0.1, -0.05) is 21.9 Å². The van der Waals surface area contributed by atoms with E-state index < -0.39 is 17.4 Å². The zero-order chi connectivity index (χ0) is 18.9. The molecule has 0 radical (unpaired) electrons. The van der Waals surface area contributed by atoms with Gasteiger partial charge in [-0.05, 0) is 56.5 Å². The van der Waals surface area contributed by atoms with Gasteiger partial charge in [-0.2, -0.15) is 0 Å². The first-order valence-corrected chi connectivity index (χ1v) is 8.97. The van der Waals surface area contributed by atoms with Gasteiger partial charge in [-0.15, -0.1) is 6.42 Å². The molecule has 0 aliphatic heterocycles. The second-order valence-electron chi connectivity index (χ2n) is 7.18. The van der Waals surface area contributed by atoms with E-state index in [-0.39, 0.29) is 30.3 Å². The van der Waals surface area contributed by atoms with Crippen LogP contribution in [0.15, 0.2) is 16.6 Å². The van der Waals surface area contributed by atoms with Crippen molar-refractivity contribution in [3.8, 4) is 12.3 Å². The molecule has 0 heterocycles. The Kier molecular flexibility index (Phi) is 5.53. The average Bonchev–Trinajstić information content (AvgIpc) is 2.73. The van der Waals surface area contributed by atoms with Gasteiger partial charge in [-0.25, -0.2) is 0 Å². The van der Waals surface area contributed by atoms with Crippen LogP contribution >= 0.6 is 15.9 Å². The smallest absolute Gasteiger partial charge is 0.221 e. The fraction of sp³-hybridized carbons (Fsp3) is 0.450. The molecule has 132 valence electrons. The molecular formula is C20H22BrNO3. The first-order chi connectivity index (χ1) is 11.6. The summed E-state index contributed by atoms with van der Waals surface area (Å²) in [5, 5.41) is 2.71. The Morgan fingerprint density at radius 2 is 1.88 bits per heavy atom. The molecule has 1 aromatic carbocycles. The molecule has 5 heteroatoms. The summed E-state index contributed by atoms with van der Waals surface area (Å²) >= 11 is 3.43. The number of aryl methyl sites for hydroxylation is 2. The average molecular weight is 404 g/mol. The molecule has 1 N–H and O–H groups in total. The first kappa shape index (κ1) is 19.4. The number of carbonyl (C=O) groups excluding carboxylic acids is 3. The Balaban J connectivity index is 2.21. The fourth-order valence-electron chi connectivity index (χ4n) is 3.37. The molecule has 2 unspecified atom stereocenters. The number of nitrogens with one attached hydrogen (secondary N) is 1. The monoisotopic (exact) mass is 403 g/mol. The van der Waals surface area contributed by atoms with Gasteiger partial charge in [0.1, 0.15) is 11.7 Å². The van der Waals surface area contributed by atoms with Crippen molar-refractivity contribution in [1.29, 1.82) is 0 Å². The van der Waals surface area contributed by atoms with Crippen LogP contribution < -0.4 is 5.32 Å². The summed E-state index contributed by atoms with van der Waals surface area (Å²) in [5.41, 5.74) is 1.79. The molecule has 1 aliphatic carbocycles. The molecule has 2 atom stereocenters. The number of carbonyl (C=O) groups is 3. The number of rotatable bonds is 4. The van der Waals surface area contributed by atoms with E-state index in [1.807, 2.05) is 26.0 Å². The lowest BCUT2D eigenvalue weighted by Gasteiger charge is -2.20.